The van der Waals surface area contributed by atoms with Crippen LogP contribution in [0.2, 0.25) is 0 Å². The molecule has 0 bridgehead atoms. The van der Waals surface area contributed by atoms with Gasteiger partial charge in [0.15, 0.2) is 0 Å². The highest BCUT2D eigenvalue weighted by molar-refractivity contribution is 8.00. The number of hydrogen-bond donors (Lipinski definition) is 1. The second-order valence-corrected chi connectivity index (χ2v) is 39.6. The molecule has 2 N–H and O–H groups in total. The first kappa shape index (κ1) is 100. The molecule has 12 heterocycles. The minimum atomic E-state index is -1.81. The lowest BCUT2D eigenvalue weighted by Crippen LogP contribution is -2.56. The van der Waals surface area contributed by atoms with E-state index >= 15 is 0 Å². The number of aryl methyl sites for hydroxylation is 1. The van der Waals surface area contributed by atoms with Gasteiger partial charge < -0.3 is 49.8 Å². The van der Waals surface area contributed by atoms with E-state index in [2.05, 4.69) is 327 Å². The average molecular weight is 1690 g/mol. The number of carbonyl (C=O) groups excluding carboxylic acids is 1. The van der Waals surface area contributed by atoms with Gasteiger partial charge in [-0.15, -0.1) is 0 Å². The molecule has 0 saturated carbocycles. The molecule has 7 aromatic heterocycles. The van der Waals surface area contributed by atoms with Crippen molar-refractivity contribution < 1.29 is 9.00 Å². The highest BCUT2D eigenvalue weighted by Gasteiger charge is 2.34. The Balaban J connectivity index is 0.000000199. The number of hydrogen-bond acceptors (Lipinski definition) is 18. The molecule has 13 rings (SSSR count). The Bertz CT molecular complexity index is 4780. The highest BCUT2D eigenvalue weighted by atomic mass is 32.2. The molecule has 5 aliphatic rings. The number of primary amides is 1. The van der Waals surface area contributed by atoms with Gasteiger partial charge in [0.25, 0.3) is 0 Å². The van der Waals surface area contributed by atoms with Crippen LogP contribution in [0.15, 0.2) is 203 Å². The second kappa shape index (κ2) is 47.1. The zero-order valence-corrected chi connectivity index (χ0v) is 80.6. The van der Waals surface area contributed by atoms with Crippen molar-refractivity contribution >= 4 is 49.7 Å². The van der Waals surface area contributed by atoms with Crippen molar-refractivity contribution in [2.24, 2.45) is 5.73 Å². The number of anilines is 5. The second-order valence-electron chi connectivity index (χ2n) is 36.8. The van der Waals surface area contributed by atoms with E-state index in [1.165, 1.54) is 73.1 Å². The Labute approximate surface area is 743 Å². The van der Waals surface area contributed by atoms with Crippen LogP contribution in [0.3, 0.4) is 0 Å². The van der Waals surface area contributed by atoms with Crippen LogP contribution in [0.4, 0.5) is 28.4 Å². The first-order chi connectivity index (χ1) is 58.1. The van der Waals surface area contributed by atoms with Crippen LogP contribution in [-0.2, 0) is 9.52 Å². The number of pyridine rings is 7. The Morgan fingerprint density at radius 3 is 1.15 bits per heavy atom. The minimum Gasteiger partial charge on any atom is -0.372 e. The molecule has 5 fully saturated rings. The maximum absolute atomic E-state index is 11.8. The predicted octanol–water partition coefficient (Wildman–Crippen LogP) is 21.0. The van der Waals surface area contributed by atoms with Crippen LogP contribution in [0.1, 0.15) is 262 Å². The molecule has 8 aromatic rings. The molecule has 668 valence electrons. The van der Waals surface area contributed by atoms with Gasteiger partial charge >= 0.3 is 0 Å². The van der Waals surface area contributed by atoms with E-state index in [-0.39, 0.29) is 0 Å². The smallest absolute Gasteiger partial charge is 0.249 e. The molecule has 19 nitrogen and oxygen atoms in total. The Morgan fingerprint density at radius 1 is 0.390 bits per heavy atom. The molecule has 0 radical (unpaired) electrons. The van der Waals surface area contributed by atoms with Crippen LogP contribution in [0, 0.1) is 6.92 Å². The van der Waals surface area contributed by atoms with E-state index < -0.39 is 15.4 Å². The number of carbonyl (C=O) groups is 1. The van der Waals surface area contributed by atoms with E-state index in [1.54, 1.807) is 12.3 Å². The lowest BCUT2D eigenvalue weighted by molar-refractivity contribution is 0.100. The third-order valence-corrected chi connectivity index (χ3v) is 26.0. The maximum atomic E-state index is 11.8. The fourth-order valence-corrected chi connectivity index (χ4v) is 17.5. The molecule has 5 aliphatic heterocycles. The first-order valence-electron chi connectivity index (χ1n) is 44.9. The summed E-state index contributed by atoms with van der Waals surface area (Å²) in [6, 6.07) is 25.7. The Kier molecular flexibility index (Phi) is 38.3. The van der Waals surface area contributed by atoms with Crippen molar-refractivity contribution in [1.82, 2.24) is 54.5 Å². The number of benzene rings is 1. The van der Waals surface area contributed by atoms with Gasteiger partial charge in [-0.1, -0.05) is 148 Å². The van der Waals surface area contributed by atoms with E-state index in [4.69, 9.17) is 5.73 Å². The minimum absolute atomic E-state index is 0.401. The van der Waals surface area contributed by atoms with E-state index in [0.717, 1.165) is 112 Å². The summed E-state index contributed by atoms with van der Waals surface area (Å²) in [7, 11) is -1.81. The number of amides is 1. The molecule has 2 unspecified atom stereocenters. The van der Waals surface area contributed by atoms with Crippen LogP contribution in [0.25, 0.3) is 11.1 Å². The van der Waals surface area contributed by atoms with Crippen molar-refractivity contribution in [2.45, 2.75) is 251 Å². The predicted molar refractivity (Wildman–Crippen MR) is 526 cm³/mol. The summed E-state index contributed by atoms with van der Waals surface area (Å²) in [6.07, 6.45) is 27.1. The maximum Gasteiger partial charge on any atom is 0.249 e. The topological polar surface area (TPSA) is 180 Å². The number of rotatable bonds is 18. The van der Waals surface area contributed by atoms with Gasteiger partial charge in [0.05, 0.1) is 59.4 Å². The largest absolute Gasteiger partial charge is 0.372 e. The summed E-state index contributed by atoms with van der Waals surface area (Å²) < 4.78 is 11.8. The van der Waals surface area contributed by atoms with Gasteiger partial charge in [0.2, 0.25) is 5.91 Å². The number of aromatic nitrogens is 7. The third kappa shape index (κ3) is 29.6. The summed E-state index contributed by atoms with van der Waals surface area (Å²) in [5.41, 5.74) is 28.7. The highest BCUT2D eigenvalue weighted by Crippen LogP contribution is 2.34. The van der Waals surface area contributed by atoms with Crippen molar-refractivity contribution in [3.8, 4) is 11.1 Å². The first-order valence-corrected chi connectivity index (χ1v) is 46.9. The number of piperazine rings is 4. The van der Waals surface area contributed by atoms with Crippen LogP contribution < -0.4 is 30.2 Å². The molecule has 0 aliphatic carbocycles. The number of nitrogens with zero attached hydrogens (tertiary/aromatic N) is 16. The molecular weight excluding hydrogens is 1540 g/mol. The summed E-state index contributed by atoms with van der Waals surface area (Å²) in [6.45, 7) is 83.1. The molecule has 123 heavy (non-hydrogen) atoms. The van der Waals surface area contributed by atoms with Gasteiger partial charge in [-0.3, -0.25) is 43.9 Å². The van der Waals surface area contributed by atoms with Gasteiger partial charge in [0.1, 0.15) is 0 Å². The SMILES string of the molecule is C=C(C)N1CCN(c2cncc(C(C)C)c2)C(C)C1C.C=C(C)N1CCN(c2cncc(C(C)C)c2)CC1.C=C(C)N1C[C@@H](C)N(c2cncc(C(C)C)c2)[C@@H](C)C1.C=C(C)N1[C@H](C)CN(c2cncc(C(C)C)c2)C[C@@H]1C.C=S1(=O)CCN(c2cncc(C(C)C)c2)CC1.CC(C)c1cncc(-c2ccccc2C(N)=O)c1.Cc1cncc(C(C)C)c1. The van der Waals surface area contributed by atoms with Crippen molar-refractivity contribution in [2.75, 3.05) is 115 Å². The molecular formula is C103H153N17O2S. The van der Waals surface area contributed by atoms with Crippen molar-refractivity contribution in [3.63, 3.8) is 0 Å². The van der Waals surface area contributed by atoms with Crippen molar-refractivity contribution in [1.29, 1.82) is 0 Å². The third-order valence-electron chi connectivity index (χ3n) is 24.1. The monoisotopic (exact) mass is 1690 g/mol. The van der Waals surface area contributed by atoms with Crippen molar-refractivity contribution in [3.05, 3.63) is 253 Å². The summed E-state index contributed by atoms with van der Waals surface area (Å²) in [5, 5.41) is 0. The standard InChI is InChI=1S/3C17H27N3.C15H23N3.C15H16N2O.C13H20N2OS.C9H13N/c1-12(2)16-7-17(9-18-8-16)19-10-14(5)20(13(3)4)15(6)11-19;1-12(2)16-7-17(9-18-8-16)20-14(5)10-19(13(3)4)11-15(20)6;1-12(2)16-9-17(11-18-10-16)20-8-7-19(13(3)4)14(5)15(20)6;1-12(2)14-9-15(11-16-10-14)18-7-5-17(6-8-18)13(3)4;1-10(2)11-7-12(9-17-8-11)13-5-3-4-6-14(13)15(16)18;1-11(2)12-8-13(10-14-9-12)15-4-6-17(3,16)7-5-15;1-7(2)9-4-8(3)5-10-6-9/h2*7-9,12,14-15H,3,10-11H2,1-2,4-6H3;9-12,14-15H,3,7-8H2,1-2,4-6H3;9-12H,3,5-8H2,1-2,4H3;3-10H,1-2H3,(H2,16,18);8-11H,3-7H2,1-2H3;4-7H,1-3H3/t2*14-,15+;;;;;. The molecule has 0 spiro atoms. The lowest BCUT2D eigenvalue weighted by atomic mass is 9.97. The van der Waals surface area contributed by atoms with Gasteiger partial charge in [-0.05, 0) is 226 Å². The summed E-state index contributed by atoms with van der Waals surface area (Å²) in [5.74, 6) is 8.34. The molecule has 1 aromatic carbocycles. The molecule has 5 saturated heterocycles. The Morgan fingerprint density at radius 2 is 0.756 bits per heavy atom. The van der Waals surface area contributed by atoms with Gasteiger partial charge in [-0.25, -0.2) is 0 Å². The molecule has 6 atom stereocenters. The fraction of sp³-hybridized carbons (Fsp3) is 0.505. The summed E-state index contributed by atoms with van der Waals surface area (Å²) in [4.78, 5) is 63.3. The van der Waals surface area contributed by atoms with Gasteiger partial charge in [-0.2, -0.15) is 0 Å². The van der Waals surface area contributed by atoms with Crippen LogP contribution in [-0.4, -0.2) is 197 Å². The lowest BCUT2D eigenvalue weighted by Gasteiger charge is -2.47. The molecule has 20 heteroatoms. The number of allylic oxidation sites excluding steroid dienone is 4. The normalized spacial score (nSPS) is 18.8. The van der Waals surface area contributed by atoms with E-state index in [0.29, 0.717) is 94.7 Å². The fourth-order valence-electron chi connectivity index (χ4n) is 16.2. The summed E-state index contributed by atoms with van der Waals surface area (Å²) >= 11 is 0. The quantitative estimate of drug-likeness (QED) is 0.0801. The van der Waals surface area contributed by atoms with E-state index in [9.17, 15) is 9.00 Å². The zero-order chi connectivity index (χ0) is 90.9. The average Bonchev–Trinajstić information content (AvgIpc) is 0.812. The van der Waals surface area contributed by atoms with Gasteiger partial charge in [0, 0.05) is 216 Å². The zero-order valence-electron chi connectivity index (χ0n) is 79.8. The molecule has 1 amide bonds. The van der Waals surface area contributed by atoms with Crippen LogP contribution >= 0.6 is 0 Å². The van der Waals surface area contributed by atoms with Crippen LogP contribution in [0.5, 0.6) is 0 Å². The Hall–Kier alpha value is -10.1. The number of nitrogens with two attached hydrogens (primary N) is 1. The van der Waals surface area contributed by atoms with E-state index in [1.807, 2.05) is 98.8 Å².